The number of hydrogen-bond acceptors (Lipinski definition) is 1. The minimum Gasteiger partial charge on any atom is -0.263 e. The Morgan fingerprint density at radius 3 is 2.83 bits per heavy atom. The number of alkyl halides is 1. The van der Waals surface area contributed by atoms with E-state index in [-0.39, 0.29) is 10.6 Å². The zero-order valence-corrected chi connectivity index (χ0v) is 12.2. The molecule has 0 amide bonds. The highest BCUT2D eigenvalue weighted by Crippen LogP contribution is 2.30. The Hall–Kier alpha value is -0.930. The fraction of sp³-hybridized carbons (Fsp3) is 0.214. The predicted molar refractivity (Wildman–Crippen MR) is 75.8 cm³/mol. The molecule has 0 N–H and O–H groups in total. The van der Waals surface area contributed by atoms with Gasteiger partial charge in [-0.1, -0.05) is 33.6 Å². The zero-order chi connectivity index (χ0) is 13.1. The molecule has 0 fully saturated rings. The van der Waals surface area contributed by atoms with Crippen molar-refractivity contribution in [2.45, 2.75) is 18.2 Å². The van der Waals surface area contributed by atoms with Crippen LogP contribution in [0.2, 0.25) is 5.02 Å². The van der Waals surface area contributed by atoms with Gasteiger partial charge in [0.15, 0.2) is 0 Å². The molecule has 1 aromatic heterocycles. The maximum Gasteiger partial charge on any atom is 0.123 e. The van der Waals surface area contributed by atoms with Crippen molar-refractivity contribution in [1.82, 2.24) is 4.98 Å². The molecule has 0 saturated carbocycles. The highest BCUT2D eigenvalue weighted by atomic mass is 79.9. The fourth-order valence-corrected chi connectivity index (χ4v) is 2.64. The number of nitrogens with zero attached hydrogens (tertiary/aromatic N) is 1. The molecule has 1 unspecified atom stereocenters. The van der Waals surface area contributed by atoms with Crippen molar-refractivity contribution in [2.75, 3.05) is 0 Å². The van der Waals surface area contributed by atoms with Crippen LogP contribution in [0.25, 0.3) is 0 Å². The third-order valence-electron chi connectivity index (χ3n) is 2.68. The number of benzene rings is 1. The second-order valence-electron chi connectivity index (χ2n) is 4.20. The summed E-state index contributed by atoms with van der Waals surface area (Å²) in [5, 5.41) is 0.634. The van der Waals surface area contributed by atoms with Crippen molar-refractivity contribution in [1.29, 1.82) is 0 Å². The van der Waals surface area contributed by atoms with E-state index in [0.717, 1.165) is 16.7 Å². The molecule has 0 aliphatic rings. The molecule has 1 aromatic carbocycles. The molecular formula is C14H12BrClFN. The summed E-state index contributed by atoms with van der Waals surface area (Å²) < 4.78 is 13.3. The van der Waals surface area contributed by atoms with E-state index in [0.29, 0.717) is 11.4 Å². The molecule has 1 heterocycles. The standard InChI is InChI=1S/C14H12BrClFN/c1-9-4-11(6-12(17)5-9)13(15)7-10-2-3-18-8-14(10)16/h2-6,8,13H,7H2,1H3. The molecule has 18 heavy (non-hydrogen) atoms. The van der Waals surface area contributed by atoms with Crippen LogP contribution in [-0.4, -0.2) is 4.98 Å². The van der Waals surface area contributed by atoms with E-state index in [1.165, 1.54) is 6.07 Å². The lowest BCUT2D eigenvalue weighted by Crippen LogP contribution is -1.98. The number of hydrogen-bond donors (Lipinski definition) is 0. The summed E-state index contributed by atoms with van der Waals surface area (Å²) in [6.45, 7) is 1.88. The van der Waals surface area contributed by atoms with Gasteiger partial charge < -0.3 is 0 Å². The van der Waals surface area contributed by atoms with Crippen LogP contribution in [0.5, 0.6) is 0 Å². The molecule has 0 aliphatic heterocycles. The van der Waals surface area contributed by atoms with E-state index >= 15 is 0 Å². The largest absolute Gasteiger partial charge is 0.263 e. The number of halogens is 3. The minimum absolute atomic E-state index is 0.0341. The Labute approximate surface area is 119 Å². The van der Waals surface area contributed by atoms with Crippen LogP contribution in [0.15, 0.2) is 36.7 Å². The molecule has 2 aromatic rings. The third-order valence-corrected chi connectivity index (χ3v) is 3.87. The minimum atomic E-state index is -0.213. The van der Waals surface area contributed by atoms with Crippen LogP contribution < -0.4 is 0 Å². The number of pyridine rings is 1. The molecular weight excluding hydrogens is 317 g/mol. The molecule has 0 spiro atoms. The molecule has 0 radical (unpaired) electrons. The van der Waals surface area contributed by atoms with Crippen molar-refractivity contribution >= 4 is 27.5 Å². The lowest BCUT2D eigenvalue weighted by Gasteiger charge is -2.12. The third kappa shape index (κ3) is 3.30. The van der Waals surface area contributed by atoms with Gasteiger partial charge in [-0.25, -0.2) is 4.39 Å². The quantitative estimate of drug-likeness (QED) is 0.733. The Balaban J connectivity index is 2.22. The zero-order valence-electron chi connectivity index (χ0n) is 9.83. The van der Waals surface area contributed by atoms with E-state index in [1.54, 1.807) is 18.5 Å². The van der Waals surface area contributed by atoms with Crippen LogP contribution in [0.4, 0.5) is 4.39 Å². The Morgan fingerprint density at radius 1 is 1.39 bits per heavy atom. The number of aromatic nitrogens is 1. The normalized spacial score (nSPS) is 12.4. The lowest BCUT2D eigenvalue weighted by atomic mass is 10.0. The van der Waals surface area contributed by atoms with Gasteiger partial charge in [-0.15, -0.1) is 0 Å². The SMILES string of the molecule is Cc1cc(F)cc(C(Br)Cc2ccncc2Cl)c1. The Morgan fingerprint density at radius 2 is 2.17 bits per heavy atom. The molecule has 1 nitrogen and oxygen atoms in total. The van der Waals surface area contributed by atoms with Crippen molar-refractivity contribution in [3.8, 4) is 0 Å². The van der Waals surface area contributed by atoms with Gasteiger partial charge in [-0.3, -0.25) is 4.98 Å². The molecule has 2 rings (SSSR count). The van der Waals surface area contributed by atoms with Crippen LogP contribution >= 0.6 is 27.5 Å². The summed E-state index contributed by atoms with van der Waals surface area (Å²) in [5.74, 6) is -0.213. The number of aryl methyl sites for hydroxylation is 1. The molecule has 4 heteroatoms. The first-order valence-corrected chi connectivity index (χ1v) is 6.85. The molecule has 0 aliphatic carbocycles. The van der Waals surface area contributed by atoms with Gasteiger partial charge in [0.1, 0.15) is 5.82 Å². The predicted octanol–water partition coefficient (Wildman–Crippen LogP) is 4.86. The lowest BCUT2D eigenvalue weighted by molar-refractivity contribution is 0.623. The van der Waals surface area contributed by atoms with Crippen LogP contribution in [-0.2, 0) is 6.42 Å². The summed E-state index contributed by atoms with van der Waals surface area (Å²) in [6.07, 6.45) is 4.02. The summed E-state index contributed by atoms with van der Waals surface area (Å²) in [7, 11) is 0. The highest BCUT2D eigenvalue weighted by Gasteiger charge is 2.12. The van der Waals surface area contributed by atoms with Gasteiger partial charge >= 0.3 is 0 Å². The van der Waals surface area contributed by atoms with E-state index in [9.17, 15) is 4.39 Å². The molecule has 1 atom stereocenters. The van der Waals surface area contributed by atoms with Gasteiger partial charge in [0.05, 0.1) is 5.02 Å². The average molecular weight is 329 g/mol. The van der Waals surface area contributed by atoms with E-state index < -0.39 is 0 Å². The van der Waals surface area contributed by atoms with E-state index in [1.807, 2.05) is 19.1 Å². The van der Waals surface area contributed by atoms with Crippen molar-refractivity contribution in [3.63, 3.8) is 0 Å². The summed E-state index contributed by atoms with van der Waals surface area (Å²) in [4.78, 5) is 3.98. The maximum absolute atomic E-state index is 13.3. The van der Waals surface area contributed by atoms with Crippen molar-refractivity contribution in [3.05, 3.63) is 64.2 Å². The first-order chi connectivity index (χ1) is 8.56. The fourth-order valence-electron chi connectivity index (χ4n) is 1.83. The van der Waals surface area contributed by atoms with Gasteiger partial charge in [-0.2, -0.15) is 0 Å². The maximum atomic E-state index is 13.3. The Bertz CT molecular complexity index is 539. The summed E-state index contributed by atoms with van der Waals surface area (Å²) >= 11 is 9.64. The van der Waals surface area contributed by atoms with Gasteiger partial charge in [0.25, 0.3) is 0 Å². The van der Waals surface area contributed by atoms with Crippen molar-refractivity contribution in [2.24, 2.45) is 0 Å². The van der Waals surface area contributed by atoms with Crippen LogP contribution in [0.1, 0.15) is 21.5 Å². The van der Waals surface area contributed by atoms with Crippen LogP contribution in [0, 0.1) is 12.7 Å². The van der Waals surface area contributed by atoms with Crippen molar-refractivity contribution < 1.29 is 4.39 Å². The van der Waals surface area contributed by atoms with Gasteiger partial charge in [0.2, 0.25) is 0 Å². The van der Waals surface area contributed by atoms with E-state index in [2.05, 4.69) is 20.9 Å². The Kier molecular flexibility index (Phi) is 4.36. The second-order valence-corrected chi connectivity index (χ2v) is 5.71. The topological polar surface area (TPSA) is 12.9 Å². The van der Waals surface area contributed by atoms with E-state index in [4.69, 9.17) is 11.6 Å². The highest BCUT2D eigenvalue weighted by molar-refractivity contribution is 9.09. The van der Waals surface area contributed by atoms with Gasteiger partial charge in [-0.05, 0) is 48.2 Å². The first-order valence-electron chi connectivity index (χ1n) is 5.56. The van der Waals surface area contributed by atoms with Gasteiger partial charge in [0, 0.05) is 17.2 Å². The smallest absolute Gasteiger partial charge is 0.123 e. The second kappa shape index (κ2) is 5.81. The first kappa shape index (κ1) is 13.5. The molecule has 94 valence electrons. The summed E-state index contributed by atoms with van der Waals surface area (Å²) in [6, 6.07) is 6.91. The van der Waals surface area contributed by atoms with Crippen LogP contribution in [0.3, 0.4) is 0 Å². The molecule has 0 bridgehead atoms. The average Bonchev–Trinajstić information content (AvgIpc) is 2.31. The monoisotopic (exact) mass is 327 g/mol. The number of rotatable bonds is 3. The summed E-state index contributed by atoms with van der Waals surface area (Å²) in [5.41, 5.74) is 2.83. The molecule has 0 saturated heterocycles.